The zero-order valence-electron chi connectivity index (χ0n) is 15.7. The van der Waals surface area contributed by atoms with E-state index < -0.39 is 13.2 Å². The van der Waals surface area contributed by atoms with Crippen LogP contribution < -0.4 is 26.8 Å². The van der Waals surface area contributed by atoms with E-state index in [4.69, 9.17) is 15.6 Å². The van der Waals surface area contributed by atoms with E-state index in [9.17, 15) is 5.11 Å². The van der Waals surface area contributed by atoms with Crippen LogP contribution in [0.4, 0.5) is 0 Å². The highest BCUT2D eigenvalue weighted by Crippen LogP contribution is 2.55. The molecule has 0 aliphatic heterocycles. The van der Waals surface area contributed by atoms with Gasteiger partial charge in [-0.25, -0.2) is 0 Å². The van der Waals surface area contributed by atoms with E-state index in [0.717, 1.165) is 6.92 Å². The van der Waals surface area contributed by atoms with Crippen molar-refractivity contribution in [1.29, 1.82) is 0 Å². The van der Waals surface area contributed by atoms with Gasteiger partial charge in [0, 0.05) is 12.0 Å². The van der Waals surface area contributed by atoms with Crippen LogP contribution in [0.25, 0.3) is 0 Å². The Balaban J connectivity index is 0.000000640. The third-order valence-corrected chi connectivity index (χ3v) is 8.43. The van der Waals surface area contributed by atoms with Crippen LogP contribution in [-0.2, 0) is 4.79 Å². The number of aliphatic hydroxyl groups is 1. The monoisotopic (exact) mass is 393 g/mol. The van der Waals surface area contributed by atoms with Gasteiger partial charge < -0.3 is 20.7 Å². The zero-order chi connectivity index (χ0) is 20.4. The smallest absolute Gasteiger partial charge is 0.180 e. The van der Waals surface area contributed by atoms with Gasteiger partial charge in [0.15, 0.2) is 5.88 Å². The maximum atomic E-state index is 9.61. The predicted octanol–water partition coefficient (Wildman–Crippen LogP) is 2.09. The Labute approximate surface area is 166 Å². The van der Waals surface area contributed by atoms with Crippen LogP contribution >= 0.6 is 7.26 Å². The summed E-state index contributed by atoms with van der Waals surface area (Å²) in [4.78, 5) is 8.89. The molecule has 0 aliphatic rings. The molecule has 4 nitrogen and oxygen atoms in total. The molecule has 0 atom stereocenters. The molecule has 0 spiro atoms. The number of aliphatic carboxylic acids is 1. The summed E-state index contributed by atoms with van der Waals surface area (Å²) in [5, 5.41) is 22.3. The molecule has 0 saturated carbocycles. The first kappa shape index (κ1) is 21.2. The predicted molar refractivity (Wildman–Crippen MR) is 116 cm³/mol. The van der Waals surface area contributed by atoms with Crippen molar-refractivity contribution in [3.05, 3.63) is 103 Å². The Morgan fingerprint density at radius 3 is 1.39 bits per heavy atom. The summed E-state index contributed by atoms with van der Waals surface area (Å²) >= 11 is 0. The van der Waals surface area contributed by atoms with E-state index in [-0.39, 0.29) is 5.88 Å². The normalized spacial score (nSPS) is 11.2. The highest BCUT2D eigenvalue weighted by molar-refractivity contribution is 7.95. The Kier molecular flexibility index (Phi) is 7.79. The minimum Gasteiger partial charge on any atom is -0.550 e. The van der Waals surface area contributed by atoms with Crippen LogP contribution in [-0.4, -0.2) is 17.2 Å². The van der Waals surface area contributed by atoms with Gasteiger partial charge in [-0.3, -0.25) is 0 Å². The molecule has 0 aliphatic carbocycles. The van der Waals surface area contributed by atoms with Crippen LogP contribution in [0, 0.1) is 0 Å². The lowest BCUT2D eigenvalue weighted by atomic mass is 10.4. The summed E-state index contributed by atoms with van der Waals surface area (Å²) in [5.74, 6) is -1.21. The quantitative estimate of drug-likeness (QED) is 0.513. The van der Waals surface area contributed by atoms with Crippen molar-refractivity contribution in [2.24, 2.45) is 5.73 Å². The van der Waals surface area contributed by atoms with E-state index in [2.05, 4.69) is 72.8 Å². The number of hydrogen-bond donors (Lipinski definition) is 2. The standard InChI is InChI=1S/C21H20NOP.C2H4O2/c22-21(23)16-17-24(18-10-4-1-5-11-18,19-12-6-2-7-13-19)20-14-8-3-9-15-20;1-2(3)4/h1-16H,17,22H2;1H3,(H,3,4)/b21-16-;. The van der Waals surface area contributed by atoms with Gasteiger partial charge in [0.1, 0.15) is 23.2 Å². The highest BCUT2D eigenvalue weighted by atomic mass is 31.2. The third-order valence-electron chi connectivity index (χ3n) is 4.17. The maximum absolute atomic E-state index is 9.61. The fourth-order valence-corrected chi connectivity index (χ4v) is 7.07. The second kappa shape index (κ2) is 10.3. The van der Waals surface area contributed by atoms with Crippen molar-refractivity contribution in [2.45, 2.75) is 6.92 Å². The van der Waals surface area contributed by atoms with E-state index in [1.54, 1.807) is 6.08 Å². The second-order valence-electron chi connectivity index (χ2n) is 6.12. The molecular weight excluding hydrogens is 369 g/mol. The molecule has 3 rings (SSSR count). The molecule has 0 saturated heterocycles. The lowest BCUT2D eigenvalue weighted by molar-refractivity contribution is -0.302. The number of hydrogen-bond acceptors (Lipinski definition) is 4. The highest BCUT2D eigenvalue weighted by Gasteiger charge is 2.44. The fourth-order valence-electron chi connectivity index (χ4n) is 3.04. The molecule has 28 heavy (non-hydrogen) atoms. The Hall–Kier alpha value is -3.10. The van der Waals surface area contributed by atoms with Crippen LogP contribution in [0.5, 0.6) is 0 Å². The van der Waals surface area contributed by atoms with Crippen molar-refractivity contribution in [1.82, 2.24) is 0 Å². The van der Waals surface area contributed by atoms with Gasteiger partial charge in [-0.1, -0.05) is 54.6 Å². The summed E-state index contributed by atoms with van der Waals surface area (Å²) in [5.41, 5.74) is 5.57. The average molecular weight is 393 g/mol. The van der Waals surface area contributed by atoms with Gasteiger partial charge in [-0.2, -0.15) is 0 Å². The van der Waals surface area contributed by atoms with Gasteiger partial charge in [0.2, 0.25) is 0 Å². The molecule has 3 aromatic rings. The van der Waals surface area contributed by atoms with E-state index in [1.165, 1.54) is 15.9 Å². The van der Waals surface area contributed by atoms with Crippen molar-refractivity contribution >= 4 is 29.1 Å². The molecule has 0 fully saturated rings. The zero-order valence-corrected chi connectivity index (χ0v) is 16.6. The van der Waals surface area contributed by atoms with Gasteiger partial charge >= 0.3 is 0 Å². The Morgan fingerprint density at radius 1 is 0.857 bits per heavy atom. The molecule has 0 amide bonds. The number of rotatable bonds is 5. The fraction of sp³-hybridized carbons (Fsp3) is 0.0870. The van der Waals surface area contributed by atoms with Crippen molar-refractivity contribution in [3.8, 4) is 0 Å². The number of carbonyl (C=O) groups is 1. The van der Waals surface area contributed by atoms with Crippen LogP contribution in [0.3, 0.4) is 0 Å². The average Bonchev–Trinajstić information content (AvgIpc) is 2.70. The molecule has 0 aromatic heterocycles. The first-order chi connectivity index (χ1) is 13.5. The molecular formula is C23H24NO3P. The third kappa shape index (κ3) is 5.45. The number of carboxylic acids is 1. The first-order valence-electron chi connectivity index (χ1n) is 8.84. The maximum Gasteiger partial charge on any atom is 0.180 e. The number of nitrogens with two attached hydrogens (primary N) is 1. The Bertz CT molecular complexity index is 792. The number of allylic oxidation sites excluding steroid dienone is 1. The molecule has 0 unspecified atom stereocenters. The summed E-state index contributed by atoms with van der Waals surface area (Å²) in [6, 6.07) is 31.6. The molecule has 0 bridgehead atoms. The summed E-state index contributed by atoms with van der Waals surface area (Å²) in [6.45, 7) is 0.972. The van der Waals surface area contributed by atoms with E-state index in [0.29, 0.717) is 6.16 Å². The molecule has 3 aromatic carbocycles. The van der Waals surface area contributed by atoms with Crippen LogP contribution in [0.15, 0.2) is 103 Å². The van der Waals surface area contributed by atoms with Gasteiger partial charge in [-0.05, 0) is 43.3 Å². The summed E-state index contributed by atoms with van der Waals surface area (Å²) in [7, 11) is -1.92. The van der Waals surface area contributed by atoms with Crippen LogP contribution in [0.2, 0.25) is 0 Å². The lowest BCUT2D eigenvalue weighted by Gasteiger charge is -2.26. The van der Waals surface area contributed by atoms with Gasteiger partial charge in [-0.15, -0.1) is 0 Å². The topological polar surface area (TPSA) is 86.4 Å². The molecule has 0 heterocycles. The number of aliphatic hydroxyl groups excluding tert-OH is 1. The van der Waals surface area contributed by atoms with Gasteiger partial charge in [0.25, 0.3) is 0 Å². The van der Waals surface area contributed by atoms with E-state index in [1.807, 2.05) is 18.2 Å². The van der Waals surface area contributed by atoms with Gasteiger partial charge in [0.05, 0.1) is 6.16 Å². The van der Waals surface area contributed by atoms with Crippen molar-refractivity contribution < 1.29 is 15.0 Å². The van der Waals surface area contributed by atoms with E-state index >= 15 is 0 Å². The number of benzene rings is 3. The number of carbonyl (C=O) groups excluding carboxylic acids is 1. The summed E-state index contributed by atoms with van der Waals surface area (Å²) in [6.07, 6.45) is 2.42. The molecule has 0 radical (unpaired) electrons. The summed E-state index contributed by atoms with van der Waals surface area (Å²) < 4.78 is 0. The minimum atomic E-state index is -1.92. The number of carboxylic acid groups (broad SMARTS) is 1. The second-order valence-corrected chi connectivity index (χ2v) is 9.65. The largest absolute Gasteiger partial charge is 0.550 e. The lowest BCUT2D eigenvalue weighted by Crippen LogP contribution is -2.33. The van der Waals surface area contributed by atoms with Crippen LogP contribution in [0.1, 0.15) is 6.92 Å². The minimum absolute atomic E-state index is 0.123. The molecule has 3 N–H and O–H groups in total. The van der Waals surface area contributed by atoms with Crippen molar-refractivity contribution in [2.75, 3.05) is 6.16 Å². The molecule has 144 valence electrons. The first-order valence-corrected chi connectivity index (χ1v) is 10.8. The SMILES string of the molecule is CC(=O)[O-].N/C(O)=C/C[P+](c1ccccc1)(c1ccccc1)c1ccccc1. The molecule has 5 heteroatoms. The van der Waals surface area contributed by atoms with Crippen molar-refractivity contribution in [3.63, 3.8) is 0 Å². The Morgan fingerprint density at radius 2 is 1.14 bits per heavy atom.